The van der Waals surface area contributed by atoms with E-state index in [0.717, 1.165) is 11.3 Å². The molecular weight excluding hydrogens is 269 g/mol. The van der Waals surface area contributed by atoms with Crippen molar-refractivity contribution in [3.63, 3.8) is 0 Å². The second kappa shape index (κ2) is 7.43. The van der Waals surface area contributed by atoms with Crippen LogP contribution < -0.4 is 5.32 Å². The van der Waals surface area contributed by atoms with Gasteiger partial charge in [0.25, 0.3) is 0 Å². The van der Waals surface area contributed by atoms with Gasteiger partial charge in [-0.05, 0) is 29.8 Å². The van der Waals surface area contributed by atoms with Crippen LogP contribution in [0.1, 0.15) is 12.5 Å². The van der Waals surface area contributed by atoms with Crippen LogP contribution in [0.4, 0.5) is 10.1 Å². The third-order valence-corrected chi connectivity index (χ3v) is 3.08. The zero-order chi connectivity index (χ0) is 15.1. The predicted molar refractivity (Wildman–Crippen MR) is 80.3 cm³/mol. The first-order valence-electron chi connectivity index (χ1n) is 6.85. The van der Waals surface area contributed by atoms with Gasteiger partial charge in [-0.1, -0.05) is 37.3 Å². The zero-order valence-electron chi connectivity index (χ0n) is 11.9. The van der Waals surface area contributed by atoms with E-state index in [4.69, 9.17) is 4.74 Å². The molecular formula is C17H18FNO2. The van der Waals surface area contributed by atoms with Crippen LogP contribution in [0.3, 0.4) is 0 Å². The number of ether oxygens (including phenoxy) is 1. The summed E-state index contributed by atoms with van der Waals surface area (Å²) in [6.07, 6.45) is 0. The second-order valence-corrected chi connectivity index (χ2v) is 4.88. The van der Waals surface area contributed by atoms with Crippen LogP contribution in [-0.4, -0.2) is 12.5 Å². The number of benzene rings is 2. The zero-order valence-corrected chi connectivity index (χ0v) is 11.9. The molecule has 0 fully saturated rings. The Bertz CT molecular complexity index is 569. The van der Waals surface area contributed by atoms with E-state index in [1.54, 1.807) is 19.1 Å². The predicted octanol–water partition coefficient (Wildman–Crippen LogP) is 3.62. The Balaban J connectivity index is 1.76. The first kappa shape index (κ1) is 15.0. The maximum Gasteiger partial charge on any atom is 0.310 e. The van der Waals surface area contributed by atoms with Crippen molar-refractivity contribution < 1.29 is 13.9 Å². The maximum absolute atomic E-state index is 12.8. The molecule has 1 atom stereocenters. The average molecular weight is 287 g/mol. The number of esters is 1. The van der Waals surface area contributed by atoms with E-state index < -0.39 is 0 Å². The van der Waals surface area contributed by atoms with Crippen LogP contribution in [0.25, 0.3) is 0 Å². The van der Waals surface area contributed by atoms with Crippen molar-refractivity contribution in [1.82, 2.24) is 0 Å². The van der Waals surface area contributed by atoms with E-state index in [0.29, 0.717) is 6.54 Å². The lowest BCUT2D eigenvalue weighted by atomic mass is 10.2. The third kappa shape index (κ3) is 4.91. The van der Waals surface area contributed by atoms with Crippen LogP contribution in [-0.2, 0) is 16.1 Å². The van der Waals surface area contributed by atoms with Gasteiger partial charge in [0.15, 0.2) is 0 Å². The fraction of sp³-hybridized carbons (Fsp3) is 0.235. The molecule has 0 spiro atoms. The Morgan fingerprint density at radius 3 is 2.48 bits per heavy atom. The molecule has 0 aromatic heterocycles. The fourth-order valence-electron chi connectivity index (χ4n) is 1.79. The summed E-state index contributed by atoms with van der Waals surface area (Å²) in [5, 5.41) is 3.08. The lowest BCUT2D eigenvalue weighted by Crippen LogP contribution is -2.22. The molecule has 0 bridgehead atoms. The number of hydrogen-bond donors (Lipinski definition) is 1. The van der Waals surface area contributed by atoms with Gasteiger partial charge in [-0.25, -0.2) is 4.39 Å². The third-order valence-electron chi connectivity index (χ3n) is 3.08. The Labute approximate surface area is 123 Å². The standard InChI is InChI=1S/C17H18FNO2/c1-13(11-19-16-9-7-15(18)8-10-16)17(20)21-12-14-5-3-2-4-6-14/h2-10,13,19H,11-12H2,1H3. The maximum atomic E-state index is 12.8. The molecule has 110 valence electrons. The lowest BCUT2D eigenvalue weighted by molar-refractivity contribution is -0.148. The summed E-state index contributed by atoms with van der Waals surface area (Å²) in [6, 6.07) is 15.6. The summed E-state index contributed by atoms with van der Waals surface area (Å²) in [5.41, 5.74) is 1.74. The van der Waals surface area contributed by atoms with Gasteiger partial charge in [-0.15, -0.1) is 0 Å². The molecule has 4 heteroatoms. The highest BCUT2D eigenvalue weighted by atomic mass is 19.1. The van der Waals surface area contributed by atoms with Crippen LogP contribution in [0.5, 0.6) is 0 Å². The van der Waals surface area contributed by atoms with Crippen LogP contribution >= 0.6 is 0 Å². The summed E-state index contributed by atoms with van der Waals surface area (Å²) in [6.45, 7) is 2.52. The van der Waals surface area contributed by atoms with Crippen LogP contribution in [0.2, 0.25) is 0 Å². The van der Waals surface area contributed by atoms with E-state index in [2.05, 4.69) is 5.32 Å². The minimum absolute atomic E-state index is 0.256. The Morgan fingerprint density at radius 1 is 1.14 bits per heavy atom. The van der Waals surface area contributed by atoms with Crippen molar-refractivity contribution in [2.24, 2.45) is 5.92 Å². The fourth-order valence-corrected chi connectivity index (χ4v) is 1.79. The molecule has 0 aliphatic rings. The minimum atomic E-state index is -0.282. The quantitative estimate of drug-likeness (QED) is 0.825. The molecule has 2 rings (SSSR count). The van der Waals surface area contributed by atoms with Gasteiger partial charge < -0.3 is 10.1 Å². The number of carbonyl (C=O) groups excluding carboxylic acids is 1. The molecule has 2 aromatic carbocycles. The highest BCUT2D eigenvalue weighted by molar-refractivity contribution is 5.72. The largest absolute Gasteiger partial charge is 0.461 e. The van der Waals surface area contributed by atoms with Gasteiger partial charge in [0.2, 0.25) is 0 Å². The molecule has 0 heterocycles. The molecule has 1 unspecified atom stereocenters. The second-order valence-electron chi connectivity index (χ2n) is 4.88. The molecule has 0 saturated heterocycles. The molecule has 0 saturated carbocycles. The lowest BCUT2D eigenvalue weighted by Gasteiger charge is -2.13. The minimum Gasteiger partial charge on any atom is -0.461 e. The topological polar surface area (TPSA) is 38.3 Å². The highest BCUT2D eigenvalue weighted by Gasteiger charge is 2.14. The molecule has 0 radical (unpaired) electrons. The smallest absolute Gasteiger partial charge is 0.310 e. The average Bonchev–Trinajstić information content (AvgIpc) is 2.52. The van der Waals surface area contributed by atoms with E-state index >= 15 is 0 Å². The summed E-state index contributed by atoms with van der Waals surface area (Å²) >= 11 is 0. The highest BCUT2D eigenvalue weighted by Crippen LogP contribution is 2.10. The summed E-state index contributed by atoms with van der Waals surface area (Å²) in [5.74, 6) is -0.817. The Kier molecular flexibility index (Phi) is 5.32. The van der Waals surface area contributed by atoms with Crippen molar-refractivity contribution in [2.45, 2.75) is 13.5 Å². The first-order valence-corrected chi connectivity index (χ1v) is 6.85. The number of hydrogen-bond acceptors (Lipinski definition) is 3. The molecule has 1 N–H and O–H groups in total. The van der Waals surface area contributed by atoms with Crippen molar-refractivity contribution >= 4 is 11.7 Å². The van der Waals surface area contributed by atoms with E-state index in [9.17, 15) is 9.18 Å². The van der Waals surface area contributed by atoms with Crippen LogP contribution in [0.15, 0.2) is 54.6 Å². The van der Waals surface area contributed by atoms with Crippen molar-refractivity contribution in [3.8, 4) is 0 Å². The molecule has 0 amide bonds. The van der Waals surface area contributed by atoms with Crippen molar-refractivity contribution in [3.05, 3.63) is 66.0 Å². The van der Waals surface area contributed by atoms with Crippen LogP contribution in [0, 0.1) is 11.7 Å². The molecule has 21 heavy (non-hydrogen) atoms. The first-order chi connectivity index (χ1) is 10.1. The van der Waals surface area contributed by atoms with Crippen molar-refractivity contribution in [1.29, 1.82) is 0 Å². The Hall–Kier alpha value is -2.36. The van der Waals surface area contributed by atoms with Gasteiger partial charge in [-0.3, -0.25) is 4.79 Å². The molecule has 0 aliphatic carbocycles. The van der Waals surface area contributed by atoms with Gasteiger partial charge in [0, 0.05) is 12.2 Å². The van der Waals surface area contributed by atoms with Gasteiger partial charge in [-0.2, -0.15) is 0 Å². The number of halogens is 1. The molecule has 0 aliphatic heterocycles. The number of carbonyl (C=O) groups is 1. The van der Waals surface area contributed by atoms with E-state index in [1.165, 1.54) is 12.1 Å². The SMILES string of the molecule is CC(CNc1ccc(F)cc1)C(=O)OCc1ccccc1. The Morgan fingerprint density at radius 2 is 1.81 bits per heavy atom. The normalized spacial score (nSPS) is 11.7. The monoisotopic (exact) mass is 287 g/mol. The molecule has 3 nitrogen and oxygen atoms in total. The van der Waals surface area contributed by atoms with E-state index in [1.807, 2.05) is 30.3 Å². The van der Waals surface area contributed by atoms with Gasteiger partial charge in [0.1, 0.15) is 12.4 Å². The summed E-state index contributed by atoms with van der Waals surface area (Å²) in [7, 11) is 0. The number of rotatable bonds is 6. The summed E-state index contributed by atoms with van der Waals surface area (Å²) in [4.78, 5) is 11.9. The number of anilines is 1. The summed E-state index contributed by atoms with van der Waals surface area (Å²) < 4.78 is 18.0. The van der Waals surface area contributed by atoms with Crippen molar-refractivity contribution in [2.75, 3.05) is 11.9 Å². The van der Waals surface area contributed by atoms with Gasteiger partial charge >= 0.3 is 5.97 Å². The van der Waals surface area contributed by atoms with E-state index in [-0.39, 0.29) is 24.3 Å². The molecule has 2 aromatic rings. The number of nitrogens with one attached hydrogen (secondary N) is 1. The van der Waals surface area contributed by atoms with Gasteiger partial charge in [0.05, 0.1) is 5.92 Å².